The minimum atomic E-state index is 0.351. The van der Waals surface area contributed by atoms with Gasteiger partial charge in [-0.15, -0.1) is 0 Å². The molecule has 1 fully saturated rings. The molecule has 0 bridgehead atoms. The van der Waals surface area contributed by atoms with Crippen LogP contribution in [-0.2, 0) is 0 Å². The molecule has 1 aliphatic rings. The van der Waals surface area contributed by atoms with Crippen LogP contribution in [0.3, 0.4) is 0 Å². The summed E-state index contributed by atoms with van der Waals surface area (Å²) in [5.41, 5.74) is 0. The first kappa shape index (κ1) is 10.1. The predicted octanol–water partition coefficient (Wildman–Crippen LogP) is 4.31. The van der Waals surface area contributed by atoms with Gasteiger partial charge >= 0.3 is 0 Å². The third-order valence-electron chi connectivity index (χ3n) is 2.44. The van der Waals surface area contributed by atoms with Crippen molar-refractivity contribution in [3.8, 4) is 5.75 Å². The molecule has 1 nitrogen and oxygen atoms in total. The van der Waals surface area contributed by atoms with Gasteiger partial charge in [-0.05, 0) is 43.9 Å². The molecule has 76 valence electrons. The van der Waals surface area contributed by atoms with E-state index in [-0.39, 0.29) is 0 Å². The third kappa shape index (κ3) is 2.55. The van der Waals surface area contributed by atoms with Gasteiger partial charge in [0, 0.05) is 10.0 Å². The average molecular weight is 231 g/mol. The van der Waals surface area contributed by atoms with Crippen LogP contribution in [0.5, 0.6) is 5.75 Å². The third-order valence-corrected chi connectivity index (χ3v) is 2.88. The maximum absolute atomic E-state index is 5.87. The summed E-state index contributed by atoms with van der Waals surface area (Å²) in [7, 11) is 0. The number of rotatable bonds is 2. The highest BCUT2D eigenvalue weighted by Crippen LogP contribution is 2.28. The van der Waals surface area contributed by atoms with Crippen LogP contribution < -0.4 is 4.74 Å². The monoisotopic (exact) mass is 230 g/mol. The maximum Gasteiger partial charge on any atom is 0.122 e. The number of halogens is 2. The van der Waals surface area contributed by atoms with Crippen LogP contribution in [0.15, 0.2) is 18.2 Å². The van der Waals surface area contributed by atoms with E-state index in [1.54, 1.807) is 6.07 Å². The van der Waals surface area contributed by atoms with E-state index in [4.69, 9.17) is 27.9 Å². The molecule has 0 saturated heterocycles. The first-order chi connectivity index (χ1) is 6.74. The smallest absolute Gasteiger partial charge is 0.122 e. The molecule has 0 amide bonds. The van der Waals surface area contributed by atoms with Crippen molar-refractivity contribution in [2.45, 2.75) is 31.8 Å². The number of hydrogen-bond donors (Lipinski definition) is 0. The molecule has 3 heteroatoms. The van der Waals surface area contributed by atoms with Gasteiger partial charge in [0.05, 0.1) is 6.10 Å². The number of benzene rings is 1. The van der Waals surface area contributed by atoms with Crippen molar-refractivity contribution >= 4 is 23.2 Å². The van der Waals surface area contributed by atoms with E-state index < -0.39 is 0 Å². The van der Waals surface area contributed by atoms with Crippen LogP contribution in [0.1, 0.15) is 25.7 Å². The molecule has 1 saturated carbocycles. The quantitative estimate of drug-likeness (QED) is 0.736. The summed E-state index contributed by atoms with van der Waals surface area (Å²) in [6.45, 7) is 0. The fourth-order valence-electron chi connectivity index (χ4n) is 1.80. The predicted molar refractivity (Wildman–Crippen MR) is 59.3 cm³/mol. The minimum absolute atomic E-state index is 0.351. The van der Waals surface area contributed by atoms with Crippen LogP contribution in [0.25, 0.3) is 0 Å². The summed E-state index contributed by atoms with van der Waals surface area (Å²) >= 11 is 11.7. The fraction of sp³-hybridized carbons (Fsp3) is 0.455. The van der Waals surface area contributed by atoms with Gasteiger partial charge in [0.25, 0.3) is 0 Å². The molecule has 0 heterocycles. The Labute approximate surface area is 94.0 Å². The molecule has 1 aromatic rings. The topological polar surface area (TPSA) is 9.23 Å². The Hall–Kier alpha value is -0.400. The molecule has 0 radical (unpaired) electrons. The Bertz CT molecular complexity index is 299. The summed E-state index contributed by atoms with van der Waals surface area (Å²) in [5, 5.41) is 1.26. The Morgan fingerprint density at radius 2 is 1.57 bits per heavy atom. The lowest BCUT2D eigenvalue weighted by Gasteiger charge is -2.13. The summed E-state index contributed by atoms with van der Waals surface area (Å²) in [6, 6.07) is 5.34. The minimum Gasteiger partial charge on any atom is -0.490 e. The molecule has 1 aromatic carbocycles. The summed E-state index contributed by atoms with van der Waals surface area (Å²) in [6.07, 6.45) is 5.16. The summed E-state index contributed by atoms with van der Waals surface area (Å²) in [5.74, 6) is 0.786. The van der Waals surface area contributed by atoms with Crippen molar-refractivity contribution in [3.05, 3.63) is 28.2 Å². The van der Waals surface area contributed by atoms with E-state index in [2.05, 4.69) is 0 Å². The second kappa shape index (κ2) is 4.41. The average Bonchev–Trinajstić information content (AvgIpc) is 2.54. The summed E-state index contributed by atoms with van der Waals surface area (Å²) in [4.78, 5) is 0. The van der Waals surface area contributed by atoms with E-state index in [1.165, 1.54) is 12.8 Å². The molecule has 1 aliphatic carbocycles. The zero-order valence-electron chi connectivity index (χ0n) is 7.80. The molecule has 2 rings (SSSR count). The van der Waals surface area contributed by atoms with Crippen LogP contribution in [0.2, 0.25) is 10.0 Å². The zero-order valence-corrected chi connectivity index (χ0v) is 9.31. The van der Waals surface area contributed by atoms with E-state index in [0.717, 1.165) is 18.6 Å². The summed E-state index contributed by atoms with van der Waals surface area (Å²) < 4.78 is 5.77. The largest absolute Gasteiger partial charge is 0.490 e. The normalized spacial score (nSPS) is 17.3. The van der Waals surface area contributed by atoms with Gasteiger partial charge in [-0.2, -0.15) is 0 Å². The fourth-order valence-corrected chi connectivity index (χ4v) is 2.30. The first-order valence-corrected chi connectivity index (χ1v) is 5.62. The van der Waals surface area contributed by atoms with Gasteiger partial charge in [0.1, 0.15) is 5.75 Å². The van der Waals surface area contributed by atoms with Crippen LogP contribution >= 0.6 is 23.2 Å². The SMILES string of the molecule is Clc1cc(Cl)cc(OC2CCCC2)c1. The highest BCUT2D eigenvalue weighted by atomic mass is 35.5. The van der Waals surface area contributed by atoms with Crippen LogP contribution in [0.4, 0.5) is 0 Å². The Morgan fingerprint density at radius 1 is 1.00 bits per heavy atom. The van der Waals surface area contributed by atoms with Gasteiger partial charge in [-0.25, -0.2) is 0 Å². The van der Waals surface area contributed by atoms with E-state index >= 15 is 0 Å². The Balaban J connectivity index is 2.07. The molecule has 0 atom stereocenters. The highest BCUT2D eigenvalue weighted by Gasteiger charge is 2.16. The molecule has 0 spiro atoms. The van der Waals surface area contributed by atoms with Gasteiger partial charge in [-0.3, -0.25) is 0 Å². The maximum atomic E-state index is 5.87. The first-order valence-electron chi connectivity index (χ1n) is 4.87. The van der Waals surface area contributed by atoms with Gasteiger partial charge < -0.3 is 4.74 Å². The lowest BCUT2D eigenvalue weighted by atomic mass is 10.3. The molecular weight excluding hydrogens is 219 g/mol. The molecule has 0 unspecified atom stereocenters. The lowest BCUT2D eigenvalue weighted by molar-refractivity contribution is 0.210. The van der Waals surface area contributed by atoms with E-state index in [9.17, 15) is 0 Å². The van der Waals surface area contributed by atoms with Crippen LogP contribution in [-0.4, -0.2) is 6.10 Å². The molecule has 14 heavy (non-hydrogen) atoms. The Morgan fingerprint density at radius 3 is 2.14 bits per heavy atom. The van der Waals surface area contributed by atoms with Gasteiger partial charge in [0.2, 0.25) is 0 Å². The van der Waals surface area contributed by atoms with E-state index in [1.807, 2.05) is 12.1 Å². The number of ether oxygens (including phenoxy) is 1. The standard InChI is InChI=1S/C11H12Cl2O/c12-8-5-9(13)7-11(6-8)14-10-3-1-2-4-10/h5-7,10H,1-4H2. The number of hydrogen-bond acceptors (Lipinski definition) is 1. The Kier molecular flexibility index (Phi) is 3.19. The zero-order chi connectivity index (χ0) is 9.97. The molecule has 0 N–H and O–H groups in total. The van der Waals surface area contributed by atoms with Crippen molar-refractivity contribution in [1.29, 1.82) is 0 Å². The molecular formula is C11H12Cl2O. The van der Waals surface area contributed by atoms with Crippen molar-refractivity contribution < 1.29 is 4.74 Å². The van der Waals surface area contributed by atoms with Crippen molar-refractivity contribution in [2.75, 3.05) is 0 Å². The van der Waals surface area contributed by atoms with Gasteiger partial charge in [-0.1, -0.05) is 23.2 Å². The molecule has 0 aromatic heterocycles. The van der Waals surface area contributed by atoms with Crippen molar-refractivity contribution in [3.63, 3.8) is 0 Å². The van der Waals surface area contributed by atoms with Gasteiger partial charge in [0.15, 0.2) is 0 Å². The lowest BCUT2D eigenvalue weighted by Crippen LogP contribution is -2.10. The van der Waals surface area contributed by atoms with Crippen molar-refractivity contribution in [1.82, 2.24) is 0 Å². The van der Waals surface area contributed by atoms with E-state index in [0.29, 0.717) is 16.1 Å². The highest BCUT2D eigenvalue weighted by molar-refractivity contribution is 6.34. The second-order valence-electron chi connectivity index (χ2n) is 3.63. The second-order valence-corrected chi connectivity index (χ2v) is 4.50. The molecule has 0 aliphatic heterocycles. The van der Waals surface area contributed by atoms with Crippen LogP contribution in [0, 0.1) is 0 Å². The van der Waals surface area contributed by atoms with Crippen molar-refractivity contribution in [2.24, 2.45) is 0 Å².